The molecule has 1 atom stereocenters. The van der Waals surface area contributed by atoms with Crippen LogP contribution in [0.1, 0.15) is 37.6 Å². The van der Waals surface area contributed by atoms with Gasteiger partial charge in [-0.25, -0.2) is 10.5 Å². The largest absolute Gasteiger partial charge is 0.326 e. The van der Waals surface area contributed by atoms with Gasteiger partial charge in [-0.2, -0.15) is 0 Å². The van der Waals surface area contributed by atoms with Crippen LogP contribution >= 0.6 is 0 Å². The van der Waals surface area contributed by atoms with Gasteiger partial charge in [-0.1, -0.05) is 19.9 Å². The number of imidazole rings is 1. The van der Waals surface area contributed by atoms with Gasteiger partial charge in [-0.15, -0.1) is 0 Å². The highest BCUT2D eigenvalue weighted by Crippen LogP contribution is 2.25. The standard InChI is InChI=1S/C18H26N4O2/c1-5-13(2)18-19-15-12-14(7-9-17(23)20-24)6-8-16(15)22(18)11-10-21(3)4/h6-9,12-13,24H,5,10-11H2,1-4H3,(H,20,23)/b9-7+. The van der Waals surface area contributed by atoms with Crippen molar-refractivity contribution in [3.8, 4) is 0 Å². The maximum absolute atomic E-state index is 11.1. The molecule has 0 radical (unpaired) electrons. The van der Waals surface area contributed by atoms with E-state index >= 15 is 0 Å². The minimum atomic E-state index is -0.549. The van der Waals surface area contributed by atoms with Crippen molar-refractivity contribution >= 4 is 23.0 Å². The summed E-state index contributed by atoms with van der Waals surface area (Å²) in [5.74, 6) is 0.939. The van der Waals surface area contributed by atoms with Gasteiger partial charge in [0.05, 0.1) is 11.0 Å². The summed E-state index contributed by atoms with van der Waals surface area (Å²) in [7, 11) is 4.13. The van der Waals surface area contributed by atoms with Crippen molar-refractivity contribution in [2.24, 2.45) is 0 Å². The summed E-state index contributed by atoms with van der Waals surface area (Å²) in [5.41, 5.74) is 4.49. The van der Waals surface area contributed by atoms with Gasteiger partial charge in [-0.3, -0.25) is 10.0 Å². The van der Waals surface area contributed by atoms with E-state index in [-0.39, 0.29) is 0 Å². The number of nitrogens with zero attached hydrogens (tertiary/aromatic N) is 3. The summed E-state index contributed by atoms with van der Waals surface area (Å²) in [6.45, 7) is 6.21. The summed E-state index contributed by atoms with van der Waals surface area (Å²) in [6.07, 6.45) is 3.99. The number of carbonyl (C=O) groups excluding carboxylic acids is 1. The van der Waals surface area contributed by atoms with Gasteiger partial charge in [0.2, 0.25) is 0 Å². The second kappa shape index (κ2) is 8.08. The Morgan fingerprint density at radius 1 is 1.46 bits per heavy atom. The van der Waals surface area contributed by atoms with E-state index in [4.69, 9.17) is 10.2 Å². The molecule has 6 nitrogen and oxygen atoms in total. The Balaban J connectivity index is 2.42. The third-order valence-corrected chi connectivity index (χ3v) is 4.16. The van der Waals surface area contributed by atoms with Crippen LogP contribution in [0, 0.1) is 0 Å². The second-order valence-corrected chi connectivity index (χ2v) is 6.29. The van der Waals surface area contributed by atoms with E-state index < -0.39 is 5.91 Å². The predicted octanol–water partition coefficient (Wildman–Crippen LogP) is 2.63. The van der Waals surface area contributed by atoms with Crippen LogP contribution in [0.4, 0.5) is 0 Å². The number of benzene rings is 1. The Bertz CT molecular complexity index is 734. The quantitative estimate of drug-likeness (QED) is 0.465. The van der Waals surface area contributed by atoms with Crippen molar-refractivity contribution in [2.45, 2.75) is 32.7 Å². The lowest BCUT2D eigenvalue weighted by Crippen LogP contribution is -2.20. The Labute approximate surface area is 142 Å². The SMILES string of the molecule is CCC(C)c1nc2cc(/C=C/C(=O)NO)ccc2n1CCN(C)C. The van der Waals surface area contributed by atoms with Crippen molar-refractivity contribution in [3.05, 3.63) is 35.7 Å². The fourth-order valence-corrected chi connectivity index (χ4v) is 2.57. The third kappa shape index (κ3) is 4.21. The highest BCUT2D eigenvalue weighted by atomic mass is 16.5. The van der Waals surface area contributed by atoms with E-state index in [1.54, 1.807) is 11.6 Å². The topological polar surface area (TPSA) is 70.4 Å². The van der Waals surface area contributed by atoms with Gasteiger partial charge >= 0.3 is 0 Å². The number of aromatic nitrogens is 2. The van der Waals surface area contributed by atoms with Crippen LogP contribution in [0.3, 0.4) is 0 Å². The van der Waals surface area contributed by atoms with Crippen molar-refractivity contribution in [1.82, 2.24) is 19.9 Å². The van der Waals surface area contributed by atoms with E-state index in [0.29, 0.717) is 5.92 Å². The zero-order valence-electron chi connectivity index (χ0n) is 14.8. The molecule has 0 fully saturated rings. The molecule has 0 bridgehead atoms. The number of hydroxylamine groups is 1. The molecule has 1 aromatic heterocycles. The molecule has 0 spiro atoms. The number of nitrogens with one attached hydrogen (secondary N) is 1. The first-order valence-corrected chi connectivity index (χ1v) is 8.23. The van der Waals surface area contributed by atoms with Gasteiger partial charge in [0.15, 0.2) is 0 Å². The molecule has 6 heteroatoms. The molecule has 2 rings (SSSR count). The summed E-state index contributed by atoms with van der Waals surface area (Å²) < 4.78 is 2.29. The van der Waals surface area contributed by atoms with Crippen LogP contribution in [0.25, 0.3) is 17.1 Å². The zero-order valence-corrected chi connectivity index (χ0v) is 14.8. The number of hydrogen-bond donors (Lipinski definition) is 2. The number of likely N-dealkylation sites (N-methyl/N-ethyl adjacent to an activating group) is 1. The van der Waals surface area contributed by atoms with E-state index in [2.05, 4.69) is 37.4 Å². The molecule has 0 aliphatic carbocycles. The summed E-state index contributed by atoms with van der Waals surface area (Å²) in [6, 6.07) is 5.96. The Kier molecular flexibility index (Phi) is 6.11. The van der Waals surface area contributed by atoms with E-state index in [1.807, 2.05) is 18.2 Å². The molecule has 24 heavy (non-hydrogen) atoms. The van der Waals surface area contributed by atoms with Crippen molar-refractivity contribution in [3.63, 3.8) is 0 Å². The molecule has 1 unspecified atom stereocenters. The molecule has 2 aromatic rings. The Hall–Kier alpha value is -2.18. The van der Waals surface area contributed by atoms with E-state index in [0.717, 1.165) is 41.9 Å². The molecule has 0 aliphatic heterocycles. The second-order valence-electron chi connectivity index (χ2n) is 6.29. The van der Waals surface area contributed by atoms with Gasteiger partial charge in [0.25, 0.3) is 5.91 Å². The van der Waals surface area contributed by atoms with Crippen molar-refractivity contribution in [2.75, 3.05) is 20.6 Å². The molecular weight excluding hydrogens is 304 g/mol. The number of hydrogen-bond acceptors (Lipinski definition) is 4. The minimum Gasteiger partial charge on any atom is -0.326 e. The molecule has 1 aromatic carbocycles. The first kappa shape index (κ1) is 18.2. The highest BCUT2D eigenvalue weighted by molar-refractivity contribution is 5.91. The maximum Gasteiger partial charge on any atom is 0.267 e. The lowest BCUT2D eigenvalue weighted by atomic mass is 10.1. The molecule has 0 saturated carbocycles. The van der Waals surface area contributed by atoms with Gasteiger partial charge in [0.1, 0.15) is 5.82 Å². The minimum absolute atomic E-state index is 0.388. The summed E-state index contributed by atoms with van der Waals surface area (Å²) in [4.78, 5) is 18.1. The van der Waals surface area contributed by atoms with Crippen LogP contribution in [-0.4, -0.2) is 46.2 Å². The average molecular weight is 330 g/mol. The normalized spacial score (nSPS) is 13.1. The van der Waals surface area contributed by atoms with Crippen LogP contribution in [0.5, 0.6) is 0 Å². The first-order chi connectivity index (χ1) is 11.5. The van der Waals surface area contributed by atoms with Crippen LogP contribution in [0.2, 0.25) is 0 Å². The predicted molar refractivity (Wildman–Crippen MR) is 96.0 cm³/mol. The van der Waals surface area contributed by atoms with Gasteiger partial charge in [0, 0.05) is 25.1 Å². The monoisotopic (exact) mass is 330 g/mol. The lowest BCUT2D eigenvalue weighted by Gasteiger charge is -2.16. The van der Waals surface area contributed by atoms with Crippen LogP contribution in [0.15, 0.2) is 24.3 Å². The molecule has 1 amide bonds. The highest BCUT2D eigenvalue weighted by Gasteiger charge is 2.15. The molecule has 0 aliphatic rings. The molecule has 130 valence electrons. The molecule has 0 saturated heterocycles. The fourth-order valence-electron chi connectivity index (χ4n) is 2.57. The Morgan fingerprint density at radius 2 is 2.21 bits per heavy atom. The first-order valence-electron chi connectivity index (χ1n) is 8.23. The van der Waals surface area contributed by atoms with Crippen LogP contribution < -0.4 is 5.48 Å². The van der Waals surface area contributed by atoms with E-state index in [9.17, 15) is 4.79 Å². The molecule has 1 heterocycles. The third-order valence-electron chi connectivity index (χ3n) is 4.16. The number of fused-ring (bicyclic) bond motifs is 1. The zero-order chi connectivity index (χ0) is 17.7. The summed E-state index contributed by atoms with van der Waals surface area (Å²) >= 11 is 0. The van der Waals surface area contributed by atoms with Gasteiger partial charge in [-0.05, 0) is 44.3 Å². The average Bonchev–Trinajstić information content (AvgIpc) is 2.94. The smallest absolute Gasteiger partial charge is 0.267 e. The number of carbonyl (C=O) groups is 1. The number of amides is 1. The summed E-state index contributed by atoms with van der Waals surface area (Å²) in [5, 5.41) is 8.55. The van der Waals surface area contributed by atoms with Crippen LogP contribution in [-0.2, 0) is 11.3 Å². The Morgan fingerprint density at radius 3 is 2.83 bits per heavy atom. The van der Waals surface area contributed by atoms with E-state index in [1.165, 1.54) is 6.08 Å². The van der Waals surface area contributed by atoms with Crippen molar-refractivity contribution in [1.29, 1.82) is 0 Å². The molecular formula is C18H26N4O2. The van der Waals surface area contributed by atoms with Gasteiger partial charge < -0.3 is 9.47 Å². The van der Waals surface area contributed by atoms with Crippen molar-refractivity contribution < 1.29 is 10.0 Å². The molecule has 2 N–H and O–H groups in total. The maximum atomic E-state index is 11.1. The number of rotatable bonds is 7. The lowest BCUT2D eigenvalue weighted by molar-refractivity contribution is -0.124. The fraction of sp³-hybridized carbons (Fsp3) is 0.444.